The Labute approximate surface area is 213 Å². The summed E-state index contributed by atoms with van der Waals surface area (Å²) in [7, 11) is 0. The number of nitrogens with one attached hydrogen (secondary N) is 2. The van der Waals surface area contributed by atoms with Gasteiger partial charge in [-0.3, -0.25) is 19.1 Å². The van der Waals surface area contributed by atoms with Gasteiger partial charge in [0.15, 0.2) is 0 Å². The minimum atomic E-state index is -3.25. The van der Waals surface area contributed by atoms with Gasteiger partial charge >= 0.3 is 18.3 Å². The van der Waals surface area contributed by atoms with E-state index in [1.165, 1.54) is 16.8 Å². The standard InChI is InChI=1S/C22H29ClN3O7PS/c1-13(2)31-21(28)15(4)25-34(35,33-17-7-5-16(23)6-8-17)30-12-18-11-14(3)20(32-18)26-10-9-19(27)24-22(26)29/h5-10,13-15,18,20H,11-12H2,1-4H3,(H,25,35)(H,24,27,29). The number of carbonyl (C=O) groups is 1. The van der Waals surface area contributed by atoms with Crippen LogP contribution in [-0.2, 0) is 30.6 Å². The third-order valence-corrected chi connectivity index (χ3v) is 7.86. The van der Waals surface area contributed by atoms with Crippen molar-refractivity contribution in [2.24, 2.45) is 5.92 Å². The maximum absolute atomic E-state index is 12.4. The van der Waals surface area contributed by atoms with E-state index in [1.54, 1.807) is 45.0 Å². The maximum Gasteiger partial charge on any atom is 0.330 e. The number of ether oxygens (including phenoxy) is 2. The molecule has 192 valence electrons. The van der Waals surface area contributed by atoms with Gasteiger partial charge < -0.3 is 18.5 Å². The topological polar surface area (TPSA) is 121 Å². The fourth-order valence-electron chi connectivity index (χ4n) is 3.52. The number of rotatable bonds is 10. The van der Waals surface area contributed by atoms with Crippen LogP contribution in [0.3, 0.4) is 0 Å². The Balaban J connectivity index is 1.72. The van der Waals surface area contributed by atoms with E-state index < -0.39 is 42.2 Å². The number of hydrogen-bond acceptors (Lipinski definition) is 8. The predicted molar refractivity (Wildman–Crippen MR) is 135 cm³/mol. The fraction of sp³-hybridized carbons (Fsp3) is 0.500. The first-order chi connectivity index (χ1) is 16.5. The van der Waals surface area contributed by atoms with Gasteiger partial charge in [0.05, 0.1) is 18.8 Å². The molecule has 0 radical (unpaired) electrons. The summed E-state index contributed by atoms with van der Waals surface area (Å²) in [5.41, 5.74) is -1.03. The first-order valence-electron chi connectivity index (χ1n) is 11.1. The molecule has 1 saturated heterocycles. The Morgan fingerprint density at radius 3 is 2.60 bits per heavy atom. The minimum absolute atomic E-state index is 0.0323. The lowest BCUT2D eigenvalue weighted by Crippen LogP contribution is -2.36. The third kappa shape index (κ3) is 7.73. The van der Waals surface area contributed by atoms with Crippen LogP contribution in [0.1, 0.15) is 40.3 Å². The van der Waals surface area contributed by atoms with E-state index in [4.69, 9.17) is 41.9 Å². The molecule has 1 aromatic carbocycles. The molecular formula is C22H29ClN3O7PS. The Hall–Kier alpha value is -2.01. The van der Waals surface area contributed by atoms with Crippen molar-refractivity contribution < 1.29 is 23.3 Å². The highest BCUT2D eigenvalue weighted by Gasteiger charge is 2.36. The van der Waals surface area contributed by atoms with Gasteiger partial charge in [0.2, 0.25) is 0 Å². The van der Waals surface area contributed by atoms with Crippen molar-refractivity contribution in [1.82, 2.24) is 14.6 Å². The molecule has 35 heavy (non-hydrogen) atoms. The summed E-state index contributed by atoms with van der Waals surface area (Å²) in [6, 6.07) is 7.09. The first kappa shape index (κ1) is 27.6. The number of hydrogen-bond donors (Lipinski definition) is 2. The lowest BCUT2D eigenvalue weighted by molar-refractivity contribution is -0.149. The first-order valence-corrected chi connectivity index (χ1v) is 14.1. The van der Waals surface area contributed by atoms with Crippen LogP contribution in [0, 0.1) is 5.92 Å². The van der Waals surface area contributed by atoms with Gasteiger partial charge in [0.1, 0.15) is 18.0 Å². The van der Waals surface area contributed by atoms with Gasteiger partial charge in [-0.2, -0.15) is 0 Å². The molecule has 5 atom stereocenters. The molecule has 1 aromatic heterocycles. The van der Waals surface area contributed by atoms with E-state index in [2.05, 4.69) is 10.1 Å². The fourth-order valence-corrected chi connectivity index (χ4v) is 6.08. The Morgan fingerprint density at radius 1 is 1.29 bits per heavy atom. The van der Waals surface area contributed by atoms with Crippen molar-refractivity contribution in [3.05, 3.63) is 62.4 Å². The highest BCUT2D eigenvalue weighted by atomic mass is 35.5. The molecule has 0 amide bonds. The van der Waals surface area contributed by atoms with E-state index in [1.807, 2.05) is 6.92 Å². The zero-order chi connectivity index (χ0) is 25.8. The largest absolute Gasteiger partial charge is 0.462 e. The minimum Gasteiger partial charge on any atom is -0.462 e. The van der Waals surface area contributed by atoms with Gasteiger partial charge in [-0.05, 0) is 63.3 Å². The van der Waals surface area contributed by atoms with E-state index in [0.717, 1.165) is 0 Å². The number of nitrogens with zero attached hydrogens (tertiary/aromatic N) is 1. The zero-order valence-electron chi connectivity index (χ0n) is 19.8. The van der Waals surface area contributed by atoms with Crippen molar-refractivity contribution in [3.8, 4) is 5.75 Å². The number of benzene rings is 1. The quantitative estimate of drug-likeness (QED) is 0.342. The molecule has 10 nitrogen and oxygen atoms in total. The number of carbonyl (C=O) groups excluding carboxylic acids is 1. The molecule has 0 aliphatic carbocycles. The normalized spacial score (nSPS) is 22.5. The molecule has 5 unspecified atom stereocenters. The second-order valence-corrected chi connectivity index (χ2v) is 12.1. The van der Waals surface area contributed by atoms with E-state index in [9.17, 15) is 14.4 Å². The van der Waals surface area contributed by atoms with E-state index >= 15 is 0 Å². The van der Waals surface area contributed by atoms with Gasteiger partial charge in [0.25, 0.3) is 5.56 Å². The average Bonchev–Trinajstić information content (AvgIpc) is 3.14. The van der Waals surface area contributed by atoms with Crippen molar-refractivity contribution in [2.45, 2.75) is 58.6 Å². The van der Waals surface area contributed by atoms with Crippen LogP contribution in [0.5, 0.6) is 5.75 Å². The lowest BCUT2D eigenvalue weighted by Gasteiger charge is -2.27. The number of aromatic nitrogens is 2. The van der Waals surface area contributed by atoms with Crippen molar-refractivity contribution in [3.63, 3.8) is 0 Å². The van der Waals surface area contributed by atoms with Crippen LogP contribution in [0.25, 0.3) is 0 Å². The van der Waals surface area contributed by atoms with Gasteiger partial charge in [0, 0.05) is 23.2 Å². The number of H-pyrrole nitrogens is 1. The average molecular weight is 546 g/mol. The maximum atomic E-state index is 12.4. The molecule has 1 aliphatic rings. The molecule has 2 heterocycles. The number of aromatic amines is 1. The Bertz CT molecular complexity index is 1190. The number of halogens is 1. The lowest BCUT2D eigenvalue weighted by atomic mass is 10.1. The molecule has 2 aromatic rings. The SMILES string of the molecule is CC(C)OC(=O)C(C)NP(=S)(OCC1CC(C)C(n2ccc(=O)[nH]c2=O)O1)Oc1ccc(Cl)cc1. The van der Waals surface area contributed by atoms with Gasteiger partial charge in [-0.15, -0.1) is 0 Å². The Kier molecular flexibility index (Phi) is 9.31. The summed E-state index contributed by atoms with van der Waals surface area (Å²) in [5.74, 6) is -0.0936. The molecule has 1 fully saturated rings. The molecular weight excluding hydrogens is 517 g/mol. The van der Waals surface area contributed by atoms with Crippen LogP contribution in [-0.4, -0.2) is 40.4 Å². The third-order valence-electron chi connectivity index (χ3n) is 5.11. The molecule has 0 bridgehead atoms. The molecule has 0 saturated carbocycles. The molecule has 1 aliphatic heterocycles. The molecule has 2 N–H and O–H groups in total. The summed E-state index contributed by atoms with van der Waals surface area (Å²) in [6.45, 7) is 3.87. The smallest absolute Gasteiger partial charge is 0.330 e. The summed E-state index contributed by atoms with van der Waals surface area (Å²) >= 11 is 11.7. The molecule has 13 heteroatoms. The number of esters is 1. The van der Waals surface area contributed by atoms with Crippen LogP contribution in [0.4, 0.5) is 0 Å². The predicted octanol–water partition coefficient (Wildman–Crippen LogP) is 3.36. The van der Waals surface area contributed by atoms with E-state index in [-0.39, 0.29) is 18.6 Å². The summed E-state index contributed by atoms with van der Waals surface area (Å²) in [4.78, 5) is 38.2. The van der Waals surface area contributed by atoms with Crippen molar-refractivity contribution in [2.75, 3.05) is 6.61 Å². The summed E-state index contributed by atoms with van der Waals surface area (Å²) < 4.78 is 24.7. The van der Waals surface area contributed by atoms with Crippen LogP contribution in [0.2, 0.25) is 5.02 Å². The highest BCUT2D eigenvalue weighted by molar-refractivity contribution is 8.09. The van der Waals surface area contributed by atoms with Crippen molar-refractivity contribution >= 4 is 36.0 Å². The second kappa shape index (κ2) is 11.8. The van der Waals surface area contributed by atoms with Gasteiger partial charge in [-0.25, -0.2) is 9.88 Å². The van der Waals surface area contributed by atoms with Crippen LogP contribution < -0.4 is 20.9 Å². The van der Waals surface area contributed by atoms with Gasteiger partial charge in [-0.1, -0.05) is 18.5 Å². The second-order valence-electron chi connectivity index (χ2n) is 8.55. The summed E-state index contributed by atoms with van der Waals surface area (Å²) in [5, 5.41) is 3.51. The highest BCUT2D eigenvalue weighted by Crippen LogP contribution is 2.46. The van der Waals surface area contributed by atoms with Crippen LogP contribution in [0.15, 0.2) is 46.1 Å². The molecule has 3 rings (SSSR count). The monoisotopic (exact) mass is 545 g/mol. The zero-order valence-corrected chi connectivity index (χ0v) is 22.3. The molecule has 0 spiro atoms. The van der Waals surface area contributed by atoms with Crippen molar-refractivity contribution in [1.29, 1.82) is 0 Å². The summed E-state index contributed by atoms with van der Waals surface area (Å²) in [6.07, 6.45) is 0.727. The van der Waals surface area contributed by atoms with E-state index in [0.29, 0.717) is 17.2 Å². The van der Waals surface area contributed by atoms with Crippen LogP contribution >= 0.6 is 18.2 Å². The Morgan fingerprint density at radius 2 is 1.97 bits per heavy atom.